The number of rotatable bonds is 14. The number of hydrogen-bond donors (Lipinski definition) is 0. The Kier molecular flexibility index (Phi) is 27.3. The van der Waals surface area contributed by atoms with Gasteiger partial charge in [-0.1, -0.05) is 5.87 Å². The van der Waals surface area contributed by atoms with Crippen LogP contribution in [0.1, 0.15) is 0 Å². The largest absolute Gasteiger partial charge is 1.00 e. The van der Waals surface area contributed by atoms with Gasteiger partial charge in [0.25, 0.3) is 47.3 Å². The summed E-state index contributed by atoms with van der Waals surface area (Å²) in [5.41, 5.74) is -5.17. The molecular formula is C33H26F4Li4N8O22S8. The number of anilines is 2. The predicted molar refractivity (Wildman–Crippen MR) is 251 cm³/mol. The zero-order valence-electron chi connectivity index (χ0n) is 40.5. The molecule has 0 N–H and O–H groups in total. The minimum Gasteiger partial charge on any atom is -0.443 e. The molecule has 0 saturated heterocycles. The molecule has 0 bridgehead atoms. The molecule has 4 heterocycles. The van der Waals surface area contributed by atoms with Crippen molar-refractivity contribution in [1.29, 1.82) is 0 Å². The monoisotopic (exact) mass is 1250 g/mol. The fourth-order valence-corrected chi connectivity index (χ4v) is 13.8. The molecule has 0 spiro atoms. The summed E-state index contributed by atoms with van der Waals surface area (Å²) in [7, 11) is -37.2. The Labute approximate surface area is 495 Å². The van der Waals surface area contributed by atoms with Crippen LogP contribution < -0.4 is 85.2 Å². The van der Waals surface area contributed by atoms with E-state index in [0.717, 1.165) is 58.4 Å². The first kappa shape index (κ1) is 76.7. The summed E-state index contributed by atoms with van der Waals surface area (Å²) < 4.78 is 214. The molecule has 6 rings (SSSR count). The fraction of sp³-hybridized carbons (Fsp3) is 0.0909. The van der Waals surface area contributed by atoms with Crippen LogP contribution in [0.25, 0.3) is 16.5 Å². The smallest absolute Gasteiger partial charge is 0.443 e. The minimum atomic E-state index is -5.51. The Morgan fingerprint density at radius 2 is 0.620 bits per heavy atom. The Morgan fingerprint density at radius 3 is 0.835 bits per heavy atom. The second kappa shape index (κ2) is 28.1. The molecule has 410 valence electrons. The predicted octanol–water partition coefficient (Wildman–Crippen LogP) is -13.0. The summed E-state index contributed by atoms with van der Waals surface area (Å²) in [6.07, 6.45) is 8.05. The zero-order chi connectivity index (χ0) is 57.9. The van der Waals surface area contributed by atoms with Crippen molar-refractivity contribution in [3.8, 4) is 0 Å². The molecule has 30 nitrogen and oxygen atoms in total. The van der Waals surface area contributed by atoms with Crippen molar-refractivity contribution in [2.45, 2.75) is 15.3 Å². The Balaban J connectivity index is 0. The topological polar surface area (TPSA) is 445 Å². The summed E-state index contributed by atoms with van der Waals surface area (Å²) in [5.74, 6) is -2.93. The van der Waals surface area contributed by atoms with E-state index < -0.39 is 137 Å². The van der Waals surface area contributed by atoms with Crippen molar-refractivity contribution in [3.63, 3.8) is 0 Å². The average molecular weight is 1250 g/mol. The van der Waals surface area contributed by atoms with Crippen LogP contribution in [0.4, 0.5) is 28.4 Å². The number of carbonyl (C=O) groups excluding carboxylic acids is 8. The normalized spacial score (nSPS) is 16.9. The van der Waals surface area contributed by atoms with Gasteiger partial charge in [0.05, 0.1) is 41.5 Å². The molecule has 2 aromatic carbocycles. The van der Waals surface area contributed by atoms with Crippen molar-refractivity contribution in [1.82, 2.24) is 8.61 Å². The van der Waals surface area contributed by atoms with Crippen LogP contribution in [-0.4, -0.2) is 145 Å². The van der Waals surface area contributed by atoms with Crippen LogP contribution in [0, 0.1) is 0 Å². The maximum absolute atomic E-state index is 12.4. The van der Waals surface area contributed by atoms with Gasteiger partial charge in [-0.2, -0.15) is 25.7 Å². The first-order chi connectivity index (χ1) is 33.7. The van der Waals surface area contributed by atoms with E-state index in [0.29, 0.717) is 36.8 Å². The third-order valence-corrected chi connectivity index (χ3v) is 18.9. The number of carbonyl (C=O) groups is 8. The third kappa shape index (κ3) is 21.5. The maximum Gasteiger partial charge on any atom is 1.00 e. The number of nitrogens with zero attached hydrogens (tertiary/aromatic N) is 8. The van der Waals surface area contributed by atoms with Crippen molar-refractivity contribution < 1.29 is 190 Å². The van der Waals surface area contributed by atoms with Crippen molar-refractivity contribution in [2.24, 2.45) is 0 Å². The van der Waals surface area contributed by atoms with Crippen LogP contribution in [0.3, 0.4) is 0 Å². The Hall–Kier alpha value is -4.35. The van der Waals surface area contributed by atoms with E-state index in [-0.39, 0.29) is 101 Å². The van der Waals surface area contributed by atoms with Gasteiger partial charge in [0, 0.05) is 70.9 Å². The van der Waals surface area contributed by atoms with E-state index >= 15 is 0 Å². The van der Waals surface area contributed by atoms with E-state index in [1.807, 2.05) is 4.13 Å². The summed E-state index contributed by atoms with van der Waals surface area (Å²) in [6.45, 7) is 0. The quantitative estimate of drug-likeness (QED) is 0.0557. The van der Waals surface area contributed by atoms with E-state index in [4.69, 9.17) is 0 Å². The van der Waals surface area contributed by atoms with E-state index in [1.54, 1.807) is 0 Å². The van der Waals surface area contributed by atoms with E-state index in [9.17, 15) is 114 Å². The summed E-state index contributed by atoms with van der Waals surface area (Å²) in [6, 6.07) is 9.13. The molecule has 79 heavy (non-hydrogen) atoms. The first-order valence-electron chi connectivity index (χ1n) is 18.0. The number of hydrogen-bond acceptors (Lipinski definition) is 22. The number of amides is 8. The van der Waals surface area contributed by atoms with Gasteiger partial charge in [0.15, 0.2) is 20.4 Å². The molecule has 0 radical (unpaired) electrons. The van der Waals surface area contributed by atoms with Crippen LogP contribution >= 0.6 is 0 Å². The molecule has 2 atom stereocenters. The summed E-state index contributed by atoms with van der Waals surface area (Å²) >= 11 is 0. The van der Waals surface area contributed by atoms with E-state index in [1.165, 1.54) is 24.3 Å². The molecule has 2 unspecified atom stereocenters. The molecule has 4 aliphatic rings. The molecular weight excluding hydrogens is 1220 g/mol. The van der Waals surface area contributed by atoms with Gasteiger partial charge in [-0.25, -0.2) is 60.3 Å². The summed E-state index contributed by atoms with van der Waals surface area (Å²) in [5, 5.41) is 0. The average Bonchev–Trinajstić information content (AvgIpc) is 3.96. The van der Waals surface area contributed by atoms with Gasteiger partial charge >= 0.3 is 81.0 Å². The van der Waals surface area contributed by atoms with Gasteiger partial charge in [-0.3, -0.25) is 46.8 Å². The van der Waals surface area contributed by atoms with Crippen LogP contribution in [0.2, 0.25) is 0 Å². The molecule has 0 fully saturated rings. The maximum atomic E-state index is 12.4. The molecule has 46 heteroatoms. The third-order valence-electron chi connectivity index (χ3n) is 7.65. The van der Waals surface area contributed by atoms with Crippen LogP contribution in [0.15, 0.2) is 107 Å². The van der Waals surface area contributed by atoms with Gasteiger partial charge in [0.1, 0.15) is 20.0 Å². The standard InChI is InChI=1S/2C11H9N2O6S2.C6H4F3N2O5S2.C5H4FN2O5S2.4Li/c2*1-20(16,17)12-21(18,19)9-4-2-8(3-5-9)13-10(14)6-7-11(13)15;1-17(14,6(7,8)9)10-18(15,16)11-4(12)2-3-5(11)13;1-14(6,11)7-15(12,13)8-4(9)2-3-5(8)10;;;;/h2*2-7H,1H3;2-3H,1H2;2-3H,1H2;;;;/q4*-1;4*+1. The number of sulfonamides is 4. The minimum absolute atomic E-state index is 0. The van der Waals surface area contributed by atoms with Gasteiger partial charge in [-0.05, 0) is 64.1 Å². The van der Waals surface area contributed by atoms with Crippen LogP contribution in [-0.2, 0) is 119 Å². The molecule has 0 saturated carbocycles. The second-order valence-electron chi connectivity index (χ2n) is 13.5. The number of benzene rings is 2. The van der Waals surface area contributed by atoms with Gasteiger partial charge in [0.2, 0.25) is 0 Å². The molecule has 0 aromatic heterocycles. The second-order valence-corrected chi connectivity index (χ2v) is 27.1. The Bertz CT molecular complexity index is 3670. The SMILES string of the molecule is C=S(=O)(F)[N-]S(=O)(=O)N1C(=O)C=CC1=O.C=S(=O)([N-]S(=O)(=O)N1C(=O)C=CC1=O)C(F)(F)F.CS(=O)(=O)[N-]S(=O)(=O)c1ccc(N2C(=O)C=CC2=O)cc1.CS(=O)(=O)[N-]S(=O)(=O)c1ccc(N2C(=O)C=CC2=O)cc1.[Li+].[Li+].[Li+].[Li+]. The first-order valence-corrected chi connectivity index (χ1v) is 30.7. The van der Waals surface area contributed by atoms with Gasteiger partial charge in [-0.15, -0.1) is 0 Å². The number of alkyl halides is 3. The van der Waals surface area contributed by atoms with Crippen molar-refractivity contribution in [2.75, 3.05) is 22.3 Å². The summed E-state index contributed by atoms with van der Waals surface area (Å²) in [4.78, 5) is 90.4. The molecule has 4 aliphatic heterocycles. The Morgan fingerprint density at radius 1 is 0.392 bits per heavy atom. The number of imide groups is 4. The molecule has 0 aliphatic carbocycles. The fourth-order valence-electron chi connectivity index (χ4n) is 4.92. The van der Waals surface area contributed by atoms with E-state index in [2.05, 4.69) is 24.1 Å². The molecule has 2 aromatic rings. The van der Waals surface area contributed by atoms with Gasteiger partial charge < -0.3 is 16.5 Å². The molecule has 8 amide bonds. The number of halogens is 4. The van der Waals surface area contributed by atoms with Crippen LogP contribution in [0.5, 0.6) is 0 Å². The van der Waals surface area contributed by atoms with Crippen molar-refractivity contribution >= 4 is 151 Å². The zero-order valence-corrected chi connectivity index (χ0v) is 47.0. The van der Waals surface area contributed by atoms with Crippen molar-refractivity contribution in [3.05, 3.63) is 114 Å².